The van der Waals surface area contributed by atoms with Gasteiger partial charge in [0, 0.05) is 5.56 Å². The summed E-state index contributed by atoms with van der Waals surface area (Å²) in [5.41, 5.74) is 0.674. The van der Waals surface area contributed by atoms with Crippen LogP contribution in [0.2, 0.25) is 0 Å². The topological polar surface area (TPSA) is 59.1 Å². The SMILES string of the molecule is Nc1cnc(C(F)F)c(CO)c1C(F)(F)F. The van der Waals surface area contributed by atoms with E-state index in [0.717, 1.165) is 0 Å². The fraction of sp³-hybridized carbons (Fsp3) is 0.375. The van der Waals surface area contributed by atoms with Crippen LogP contribution in [0.5, 0.6) is 0 Å². The number of pyridine rings is 1. The van der Waals surface area contributed by atoms with Crippen LogP contribution in [0.1, 0.15) is 23.2 Å². The minimum atomic E-state index is -4.91. The summed E-state index contributed by atoms with van der Waals surface area (Å²) >= 11 is 0. The number of aliphatic hydroxyl groups excluding tert-OH is 1. The summed E-state index contributed by atoms with van der Waals surface area (Å²) in [6, 6.07) is 0. The number of nitrogen functional groups attached to an aromatic ring is 1. The number of rotatable bonds is 2. The molecule has 0 fully saturated rings. The smallest absolute Gasteiger partial charge is 0.397 e. The number of halogens is 5. The summed E-state index contributed by atoms with van der Waals surface area (Å²) in [4.78, 5) is 3.09. The fourth-order valence-electron chi connectivity index (χ4n) is 1.27. The summed E-state index contributed by atoms with van der Waals surface area (Å²) in [7, 11) is 0. The Labute approximate surface area is 86.7 Å². The molecule has 1 heterocycles. The van der Waals surface area contributed by atoms with Gasteiger partial charge in [-0.2, -0.15) is 13.2 Å². The molecule has 0 spiro atoms. The number of hydrogen-bond donors (Lipinski definition) is 2. The highest BCUT2D eigenvalue weighted by atomic mass is 19.4. The Hall–Kier alpha value is -1.44. The van der Waals surface area contributed by atoms with Crippen LogP contribution in [0.3, 0.4) is 0 Å². The molecule has 0 aliphatic heterocycles. The van der Waals surface area contributed by atoms with Crippen LogP contribution in [0.15, 0.2) is 6.20 Å². The monoisotopic (exact) mass is 242 g/mol. The first-order chi connectivity index (χ1) is 7.29. The molecule has 8 heteroatoms. The number of alkyl halides is 5. The predicted molar refractivity (Wildman–Crippen MR) is 44.5 cm³/mol. The number of aromatic nitrogens is 1. The van der Waals surface area contributed by atoms with Gasteiger partial charge in [-0.3, -0.25) is 4.98 Å². The maximum atomic E-state index is 12.5. The molecular weight excluding hydrogens is 235 g/mol. The van der Waals surface area contributed by atoms with Gasteiger partial charge in [0.1, 0.15) is 5.69 Å². The van der Waals surface area contributed by atoms with Crippen molar-refractivity contribution in [3.63, 3.8) is 0 Å². The predicted octanol–water partition coefficient (Wildman–Crippen LogP) is 2.11. The Morgan fingerprint density at radius 3 is 2.31 bits per heavy atom. The highest BCUT2D eigenvalue weighted by Crippen LogP contribution is 2.38. The molecular formula is C8H7F5N2O. The number of nitrogens with two attached hydrogens (primary N) is 1. The van der Waals surface area contributed by atoms with E-state index in [4.69, 9.17) is 10.8 Å². The van der Waals surface area contributed by atoms with Crippen LogP contribution in [-0.2, 0) is 12.8 Å². The Morgan fingerprint density at radius 2 is 1.94 bits per heavy atom. The first-order valence-corrected chi connectivity index (χ1v) is 4.02. The molecule has 0 saturated carbocycles. The number of aliphatic hydroxyl groups is 1. The van der Waals surface area contributed by atoms with Crippen molar-refractivity contribution in [2.75, 3.05) is 5.73 Å². The van der Waals surface area contributed by atoms with E-state index >= 15 is 0 Å². The molecule has 0 atom stereocenters. The third-order valence-electron chi connectivity index (χ3n) is 1.89. The second-order valence-corrected chi connectivity index (χ2v) is 2.91. The molecule has 90 valence electrons. The first kappa shape index (κ1) is 12.6. The summed E-state index contributed by atoms with van der Waals surface area (Å²) < 4.78 is 62.1. The quantitative estimate of drug-likeness (QED) is 0.781. The lowest BCUT2D eigenvalue weighted by atomic mass is 10.0. The van der Waals surface area contributed by atoms with Crippen molar-refractivity contribution in [3.05, 3.63) is 23.0 Å². The van der Waals surface area contributed by atoms with E-state index in [0.29, 0.717) is 6.20 Å². The van der Waals surface area contributed by atoms with Gasteiger partial charge in [-0.1, -0.05) is 0 Å². The van der Waals surface area contributed by atoms with Crippen molar-refractivity contribution in [2.45, 2.75) is 19.2 Å². The summed E-state index contributed by atoms with van der Waals surface area (Å²) in [6.45, 7) is -1.20. The molecule has 0 bridgehead atoms. The standard InChI is InChI=1S/C8H7F5N2O/c9-7(10)6-3(2-16)5(8(11,12)13)4(14)1-15-6/h1,7,16H,2,14H2. The summed E-state index contributed by atoms with van der Waals surface area (Å²) in [5.74, 6) is 0. The van der Waals surface area contributed by atoms with Crippen LogP contribution < -0.4 is 5.73 Å². The molecule has 16 heavy (non-hydrogen) atoms. The highest BCUT2D eigenvalue weighted by molar-refractivity contribution is 5.52. The van der Waals surface area contributed by atoms with Gasteiger partial charge in [-0.15, -0.1) is 0 Å². The normalized spacial score (nSPS) is 12.2. The van der Waals surface area contributed by atoms with E-state index in [1.807, 2.05) is 0 Å². The van der Waals surface area contributed by atoms with Crippen LogP contribution in [0.25, 0.3) is 0 Å². The average Bonchev–Trinajstić information content (AvgIpc) is 2.14. The highest BCUT2D eigenvalue weighted by Gasteiger charge is 2.38. The van der Waals surface area contributed by atoms with E-state index in [1.165, 1.54) is 0 Å². The minimum Gasteiger partial charge on any atom is -0.397 e. The molecule has 1 aromatic heterocycles. The van der Waals surface area contributed by atoms with E-state index in [-0.39, 0.29) is 0 Å². The molecule has 0 saturated heterocycles. The molecule has 0 aromatic carbocycles. The van der Waals surface area contributed by atoms with Crippen molar-refractivity contribution in [2.24, 2.45) is 0 Å². The van der Waals surface area contributed by atoms with Gasteiger partial charge < -0.3 is 10.8 Å². The van der Waals surface area contributed by atoms with Crippen molar-refractivity contribution in [1.29, 1.82) is 0 Å². The van der Waals surface area contributed by atoms with E-state index in [9.17, 15) is 22.0 Å². The summed E-state index contributed by atoms with van der Waals surface area (Å²) in [6.07, 6.45) is -7.61. The van der Waals surface area contributed by atoms with Crippen molar-refractivity contribution < 1.29 is 27.1 Å². The third kappa shape index (κ3) is 2.21. The number of hydrogen-bond acceptors (Lipinski definition) is 3. The van der Waals surface area contributed by atoms with Gasteiger partial charge in [-0.05, 0) is 0 Å². The largest absolute Gasteiger partial charge is 0.418 e. The maximum absolute atomic E-state index is 12.5. The van der Waals surface area contributed by atoms with E-state index in [2.05, 4.69) is 4.98 Å². The van der Waals surface area contributed by atoms with Crippen LogP contribution in [0.4, 0.5) is 27.6 Å². The molecule has 3 nitrogen and oxygen atoms in total. The third-order valence-corrected chi connectivity index (χ3v) is 1.89. The zero-order valence-corrected chi connectivity index (χ0v) is 7.72. The lowest BCUT2D eigenvalue weighted by Crippen LogP contribution is -2.16. The van der Waals surface area contributed by atoms with Crippen molar-refractivity contribution in [3.8, 4) is 0 Å². The van der Waals surface area contributed by atoms with Gasteiger partial charge in [-0.25, -0.2) is 8.78 Å². The van der Waals surface area contributed by atoms with Gasteiger partial charge >= 0.3 is 6.18 Å². The van der Waals surface area contributed by atoms with E-state index in [1.54, 1.807) is 0 Å². The molecule has 3 N–H and O–H groups in total. The molecule has 0 amide bonds. The molecule has 0 aliphatic rings. The lowest BCUT2D eigenvalue weighted by molar-refractivity contribution is -0.138. The first-order valence-electron chi connectivity index (χ1n) is 4.02. The Bertz CT molecular complexity index is 391. The number of anilines is 1. The second kappa shape index (κ2) is 4.20. The van der Waals surface area contributed by atoms with Crippen LogP contribution in [0, 0.1) is 0 Å². The van der Waals surface area contributed by atoms with Crippen molar-refractivity contribution in [1.82, 2.24) is 4.98 Å². The van der Waals surface area contributed by atoms with Gasteiger partial charge in [0.15, 0.2) is 0 Å². The average molecular weight is 242 g/mol. The number of nitrogens with zero attached hydrogens (tertiary/aromatic N) is 1. The fourth-order valence-corrected chi connectivity index (χ4v) is 1.27. The zero-order valence-electron chi connectivity index (χ0n) is 7.72. The maximum Gasteiger partial charge on any atom is 0.418 e. The lowest BCUT2D eigenvalue weighted by Gasteiger charge is -2.16. The Morgan fingerprint density at radius 1 is 1.38 bits per heavy atom. The zero-order chi connectivity index (χ0) is 12.5. The molecule has 1 rings (SSSR count). The molecule has 1 aromatic rings. The Kier molecular flexibility index (Phi) is 3.32. The minimum absolute atomic E-state index is 0.503. The van der Waals surface area contributed by atoms with Gasteiger partial charge in [0.05, 0.1) is 24.1 Å². The second-order valence-electron chi connectivity index (χ2n) is 2.91. The van der Waals surface area contributed by atoms with Crippen molar-refractivity contribution >= 4 is 5.69 Å². The summed E-state index contributed by atoms with van der Waals surface area (Å²) in [5, 5.41) is 8.71. The molecule has 0 aliphatic carbocycles. The van der Waals surface area contributed by atoms with Crippen LogP contribution >= 0.6 is 0 Å². The van der Waals surface area contributed by atoms with Gasteiger partial charge in [0.25, 0.3) is 6.43 Å². The van der Waals surface area contributed by atoms with Gasteiger partial charge in [0.2, 0.25) is 0 Å². The van der Waals surface area contributed by atoms with Crippen LogP contribution in [-0.4, -0.2) is 10.1 Å². The molecule has 0 radical (unpaired) electrons. The molecule has 0 unspecified atom stereocenters. The van der Waals surface area contributed by atoms with E-state index < -0.39 is 41.7 Å². The Balaban J connectivity index is 3.51.